The fourth-order valence-corrected chi connectivity index (χ4v) is 2.62. The third-order valence-electron chi connectivity index (χ3n) is 4.00. The summed E-state index contributed by atoms with van der Waals surface area (Å²) in [6.07, 6.45) is 0.00394. The number of carbonyl (C=O) groups excluding carboxylic acids is 2. The number of nitrogens with zero attached hydrogens (tertiary/aromatic N) is 3. The highest BCUT2D eigenvalue weighted by molar-refractivity contribution is 6.06. The van der Waals surface area contributed by atoms with Crippen LogP contribution in [0.15, 0.2) is 23.2 Å². The number of aryl methyl sites for hydroxylation is 2. The molecule has 1 aliphatic rings. The Morgan fingerprint density at radius 1 is 1.36 bits per heavy atom. The Bertz CT molecular complexity index is 878. The molecule has 1 atom stereocenters. The van der Waals surface area contributed by atoms with Gasteiger partial charge < -0.3 is 4.74 Å². The Hall–Kier alpha value is -3.03. The number of hydrogen-bond donors (Lipinski definition) is 2. The van der Waals surface area contributed by atoms with Gasteiger partial charge in [-0.3, -0.25) is 25.2 Å². The molecule has 0 spiro atoms. The number of benzene rings is 1. The predicted octanol–water partition coefficient (Wildman–Crippen LogP) is 1.32. The molecule has 2 heterocycles. The summed E-state index contributed by atoms with van der Waals surface area (Å²) in [6.45, 7) is 4.10. The van der Waals surface area contributed by atoms with Gasteiger partial charge in [-0.05, 0) is 25.5 Å². The molecular weight excluding hydrogens is 322 g/mol. The Balaban J connectivity index is 1.78. The number of ether oxygens (including phenoxy) is 1. The van der Waals surface area contributed by atoms with Crippen LogP contribution in [0.25, 0.3) is 10.9 Å². The minimum Gasteiger partial charge on any atom is -0.469 e. The summed E-state index contributed by atoms with van der Waals surface area (Å²) in [5.41, 5.74) is 2.76. The molecule has 3 rings (SSSR count). The Labute approximate surface area is 144 Å². The van der Waals surface area contributed by atoms with Gasteiger partial charge in [-0.2, -0.15) is 0 Å². The first-order chi connectivity index (χ1) is 12.0. The number of hydrogen-bond acceptors (Lipinski definition) is 7. The van der Waals surface area contributed by atoms with Crippen LogP contribution < -0.4 is 10.6 Å². The Morgan fingerprint density at radius 3 is 2.88 bits per heavy atom. The summed E-state index contributed by atoms with van der Waals surface area (Å²) < 4.78 is 4.58. The van der Waals surface area contributed by atoms with Crippen LogP contribution in [-0.4, -0.2) is 41.5 Å². The van der Waals surface area contributed by atoms with Crippen LogP contribution in [0.5, 0.6) is 0 Å². The molecule has 1 aromatic heterocycles. The Morgan fingerprint density at radius 2 is 2.16 bits per heavy atom. The zero-order valence-corrected chi connectivity index (χ0v) is 14.3. The monoisotopic (exact) mass is 341 g/mol. The summed E-state index contributed by atoms with van der Waals surface area (Å²) in [6, 6.07) is 5.97. The summed E-state index contributed by atoms with van der Waals surface area (Å²) >= 11 is 0. The van der Waals surface area contributed by atoms with E-state index in [1.54, 1.807) is 0 Å². The smallest absolute Gasteiger partial charge is 0.306 e. The lowest BCUT2D eigenvalue weighted by Crippen LogP contribution is -2.45. The molecule has 8 heteroatoms. The van der Waals surface area contributed by atoms with Gasteiger partial charge in [-0.1, -0.05) is 12.1 Å². The van der Waals surface area contributed by atoms with Crippen molar-refractivity contribution in [1.82, 2.24) is 15.3 Å². The van der Waals surface area contributed by atoms with E-state index in [2.05, 4.69) is 30.3 Å². The molecule has 2 N–H and O–H groups in total. The second-order valence-electron chi connectivity index (χ2n) is 5.93. The van der Waals surface area contributed by atoms with Crippen LogP contribution in [0.1, 0.15) is 17.7 Å². The molecule has 0 aliphatic carbocycles. The van der Waals surface area contributed by atoms with Crippen molar-refractivity contribution in [2.45, 2.75) is 20.3 Å². The van der Waals surface area contributed by atoms with Crippen molar-refractivity contribution in [3.63, 3.8) is 0 Å². The van der Waals surface area contributed by atoms with Crippen molar-refractivity contribution in [1.29, 1.82) is 0 Å². The predicted molar refractivity (Wildman–Crippen MR) is 93.2 cm³/mol. The number of esters is 1. The minimum absolute atomic E-state index is 0.00394. The quantitative estimate of drug-likeness (QED) is 0.816. The molecule has 0 radical (unpaired) electrons. The van der Waals surface area contributed by atoms with Crippen molar-refractivity contribution < 1.29 is 14.3 Å². The zero-order valence-electron chi connectivity index (χ0n) is 14.3. The van der Waals surface area contributed by atoms with Gasteiger partial charge in [-0.15, -0.1) is 0 Å². The van der Waals surface area contributed by atoms with Crippen LogP contribution in [-0.2, 0) is 14.3 Å². The van der Waals surface area contributed by atoms with Gasteiger partial charge in [0.2, 0.25) is 17.8 Å². The molecule has 0 saturated carbocycles. The van der Waals surface area contributed by atoms with E-state index in [9.17, 15) is 9.59 Å². The van der Waals surface area contributed by atoms with Gasteiger partial charge in [0.05, 0.1) is 37.2 Å². The normalized spacial score (nSPS) is 17.0. The molecule has 8 nitrogen and oxygen atoms in total. The Kier molecular flexibility index (Phi) is 4.60. The fourth-order valence-electron chi connectivity index (χ4n) is 2.62. The topological polar surface area (TPSA) is 106 Å². The van der Waals surface area contributed by atoms with Gasteiger partial charge in [-0.25, -0.2) is 9.97 Å². The SMILES string of the molecule is COC(=O)C[C@H]1CN=C(Nc2nc(C)c3ccc(C)cc3n2)NC1=O. The van der Waals surface area contributed by atoms with E-state index in [0.29, 0.717) is 5.95 Å². The van der Waals surface area contributed by atoms with Gasteiger partial charge in [0.1, 0.15) is 0 Å². The maximum Gasteiger partial charge on any atom is 0.306 e. The maximum atomic E-state index is 12.1. The molecule has 1 aliphatic heterocycles. The molecule has 1 amide bonds. The standard InChI is InChI=1S/C17H19N5O3/c1-9-4-5-12-10(2)19-17(20-13(12)6-9)22-16-18-8-11(15(24)21-16)7-14(23)25-3/h4-6,11H,7-8H2,1-3H3,(H2,18,19,20,21,22,24)/t11-/m0/s1. The van der Waals surface area contributed by atoms with E-state index >= 15 is 0 Å². The molecule has 0 unspecified atom stereocenters. The molecule has 0 bridgehead atoms. The number of anilines is 1. The van der Waals surface area contributed by atoms with Crippen LogP contribution in [0, 0.1) is 19.8 Å². The first-order valence-electron chi connectivity index (χ1n) is 7.90. The molecule has 1 aromatic carbocycles. The van der Waals surface area contributed by atoms with Crippen molar-refractivity contribution in [2.24, 2.45) is 10.9 Å². The first kappa shape index (κ1) is 16.8. The number of guanidine groups is 1. The summed E-state index contributed by atoms with van der Waals surface area (Å²) in [5, 5.41) is 6.54. The van der Waals surface area contributed by atoms with Crippen LogP contribution in [0.4, 0.5) is 5.95 Å². The molecule has 130 valence electrons. The number of aliphatic imine (C=N–C) groups is 1. The van der Waals surface area contributed by atoms with Crippen molar-refractivity contribution >= 4 is 34.7 Å². The summed E-state index contributed by atoms with van der Waals surface area (Å²) in [4.78, 5) is 36.5. The molecular formula is C17H19N5O3. The maximum absolute atomic E-state index is 12.1. The number of rotatable bonds is 3. The lowest BCUT2D eigenvalue weighted by atomic mass is 10.0. The number of amides is 1. The largest absolute Gasteiger partial charge is 0.469 e. The zero-order chi connectivity index (χ0) is 18.0. The summed E-state index contributed by atoms with van der Waals surface area (Å²) in [7, 11) is 1.29. The average Bonchev–Trinajstić information content (AvgIpc) is 2.56. The van der Waals surface area contributed by atoms with E-state index in [4.69, 9.17) is 0 Å². The van der Waals surface area contributed by atoms with E-state index in [1.807, 2.05) is 32.0 Å². The molecule has 25 heavy (non-hydrogen) atoms. The fraction of sp³-hybridized carbons (Fsp3) is 0.353. The van der Waals surface area contributed by atoms with Gasteiger partial charge in [0.25, 0.3) is 0 Å². The minimum atomic E-state index is -0.528. The van der Waals surface area contributed by atoms with E-state index in [-0.39, 0.29) is 24.8 Å². The van der Waals surface area contributed by atoms with Gasteiger partial charge in [0, 0.05) is 5.39 Å². The van der Waals surface area contributed by atoms with E-state index < -0.39 is 11.9 Å². The number of fused-ring (bicyclic) bond motifs is 1. The first-order valence-corrected chi connectivity index (χ1v) is 7.90. The van der Waals surface area contributed by atoms with Crippen LogP contribution in [0.3, 0.4) is 0 Å². The second kappa shape index (κ2) is 6.84. The molecule has 0 fully saturated rings. The highest BCUT2D eigenvalue weighted by atomic mass is 16.5. The number of aromatic nitrogens is 2. The van der Waals surface area contributed by atoms with Crippen LogP contribution >= 0.6 is 0 Å². The summed E-state index contributed by atoms with van der Waals surface area (Å²) in [5.74, 6) is -0.606. The van der Waals surface area contributed by atoms with Crippen molar-refractivity contribution in [2.75, 3.05) is 19.0 Å². The van der Waals surface area contributed by atoms with E-state index in [1.165, 1.54) is 7.11 Å². The van der Waals surface area contributed by atoms with Gasteiger partial charge in [0.15, 0.2) is 0 Å². The average molecular weight is 341 g/mol. The van der Waals surface area contributed by atoms with E-state index in [0.717, 1.165) is 22.2 Å². The second-order valence-corrected chi connectivity index (χ2v) is 5.93. The van der Waals surface area contributed by atoms with Crippen LogP contribution in [0.2, 0.25) is 0 Å². The lowest BCUT2D eigenvalue weighted by molar-refractivity contribution is -0.143. The highest BCUT2D eigenvalue weighted by Gasteiger charge is 2.27. The third-order valence-corrected chi connectivity index (χ3v) is 4.00. The van der Waals surface area contributed by atoms with Crippen molar-refractivity contribution in [3.8, 4) is 0 Å². The highest BCUT2D eigenvalue weighted by Crippen LogP contribution is 2.19. The lowest BCUT2D eigenvalue weighted by Gasteiger charge is -2.21. The number of carbonyl (C=O) groups is 2. The molecule has 2 aromatic rings. The van der Waals surface area contributed by atoms with Crippen molar-refractivity contribution in [3.05, 3.63) is 29.5 Å². The number of nitrogens with one attached hydrogen (secondary N) is 2. The number of methoxy groups -OCH3 is 1. The molecule has 0 saturated heterocycles. The third kappa shape index (κ3) is 3.73. The van der Waals surface area contributed by atoms with Gasteiger partial charge >= 0.3 is 5.97 Å².